The second kappa shape index (κ2) is 19.1. The van der Waals surface area contributed by atoms with Crippen LogP contribution in [0.15, 0.2) is 49.1 Å². The zero-order valence-electron chi connectivity index (χ0n) is 34.9. The first-order valence-electron chi connectivity index (χ1n) is 21.3. The zero-order valence-corrected chi connectivity index (χ0v) is 36.9. The van der Waals surface area contributed by atoms with Gasteiger partial charge in [0.25, 0.3) is 5.91 Å². The normalized spacial score (nSPS) is 18.5. The van der Waals surface area contributed by atoms with Crippen molar-refractivity contribution in [1.82, 2.24) is 28.9 Å². The Balaban J connectivity index is 1.05. The van der Waals surface area contributed by atoms with Crippen LogP contribution in [-0.2, 0) is 35.8 Å². The van der Waals surface area contributed by atoms with E-state index >= 15 is 0 Å². The van der Waals surface area contributed by atoms with E-state index in [1.165, 1.54) is 58.0 Å². The molecule has 1 spiro atoms. The molecule has 2 saturated heterocycles. The van der Waals surface area contributed by atoms with E-state index < -0.39 is 16.1 Å². The van der Waals surface area contributed by atoms with Crippen LogP contribution in [0.5, 0.6) is 5.75 Å². The number of likely N-dealkylation sites (tertiary alicyclic amines) is 2. The fourth-order valence-corrected chi connectivity index (χ4v) is 10.0. The van der Waals surface area contributed by atoms with Gasteiger partial charge in [0, 0.05) is 97.6 Å². The molecule has 55 heavy (non-hydrogen) atoms. The summed E-state index contributed by atoms with van der Waals surface area (Å²) in [7, 11) is -2.33. The summed E-state index contributed by atoms with van der Waals surface area (Å²) in [5.41, 5.74) is 1.04. The smallest absolute Gasteiger partial charge is 0.253 e. The van der Waals surface area contributed by atoms with Crippen LogP contribution in [-0.4, -0.2) is 103 Å². The number of carbonyl (C=O) groups is 1. The molecule has 4 heterocycles. The Morgan fingerprint density at radius 2 is 1.33 bits per heavy atom. The molecule has 0 radical (unpaired) electrons. The summed E-state index contributed by atoms with van der Waals surface area (Å²) < 4.78 is 22.9. The monoisotopic (exact) mass is 790 g/mol. The number of rotatable bonds is 19. The highest BCUT2D eigenvalue weighted by Crippen LogP contribution is 2.42. The number of carbonyl (C=O) groups excluding carboxylic acids is 1. The summed E-state index contributed by atoms with van der Waals surface area (Å²) in [6.45, 7) is 21.4. The van der Waals surface area contributed by atoms with E-state index in [9.17, 15) is 4.79 Å². The number of amides is 1. The standard InChI is InChI=1S/C43H70N6O4Si2/c1-54(2,3)28-26-51-34-48-24-19-44-40(48)30-36(31-41-45-20-25-49(41)35-52-27-29-55(4,5)6)32-53-39-14-12-37(13-15-39)42(50)47-23-18-43(33-47)16-21-46(22-17-43)38-10-8-7-9-11-38/h12-15,19-20,24-25,36,38H,7-11,16-18,21-23,26-35H2,1-6H3. The van der Waals surface area contributed by atoms with Crippen molar-refractivity contribution in [2.75, 3.05) is 46.0 Å². The van der Waals surface area contributed by atoms with Gasteiger partial charge in [0.1, 0.15) is 30.9 Å². The van der Waals surface area contributed by atoms with Gasteiger partial charge < -0.3 is 33.1 Å². The van der Waals surface area contributed by atoms with E-state index in [1.807, 2.05) is 49.1 Å². The van der Waals surface area contributed by atoms with Crippen molar-refractivity contribution in [2.24, 2.45) is 11.3 Å². The van der Waals surface area contributed by atoms with Gasteiger partial charge in [-0.3, -0.25) is 4.79 Å². The van der Waals surface area contributed by atoms with Gasteiger partial charge in [-0.15, -0.1) is 0 Å². The summed E-state index contributed by atoms with van der Waals surface area (Å²) >= 11 is 0. The summed E-state index contributed by atoms with van der Waals surface area (Å²) in [5.74, 6) is 2.99. The molecular formula is C43H70N6O4Si2. The molecule has 0 unspecified atom stereocenters. The SMILES string of the molecule is C[Si](C)(C)CCOCn1ccnc1CC(COc1ccc(C(=O)N2CCC3(CCN(C4CCCCC4)CC3)C2)cc1)Cc1nccn1COCC[Si](C)(C)C. The molecule has 6 rings (SSSR count). The molecule has 2 aromatic heterocycles. The highest BCUT2D eigenvalue weighted by atomic mass is 28.3. The van der Waals surface area contributed by atoms with E-state index in [0.717, 1.165) is 86.7 Å². The third-order valence-corrected chi connectivity index (χ3v) is 15.7. The fourth-order valence-electron chi connectivity index (χ4n) is 8.50. The fraction of sp³-hybridized carbons (Fsp3) is 0.698. The van der Waals surface area contributed by atoms with Crippen LogP contribution >= 0.6 is 0 Å². The Morgan fingerprint density at radius 3 is 1.87 bits per heavy atom. The number of hydrogen-bond donors (Lipinski definition) is 0. The molecule has 2 aliphatic heterocycles. The van der Waals surface area contributed by atoms with E-state index in [1.54, 1.807) is 0 Å². The highest BCUT2D eigenvalue weighted by Gasteiger charge is 2.43. The van der Waals surface area contributed by atoms with E-state index in [4.69, 9.17) is 24.2 Å². The molecule has 3 aliphatic rings. The van der Waals surface area contributed by atoms with Gasteiger partial charge >= 0.3 is 0 Å². The summed E-state index contributed by atoms with van der Waals surface area (Å²) in [5, 5.41) is 0. The minimum atomic E-state index is -1.17. The second-order valence-electron chi connectivity index (χ2n) is 19.2. The topological polar surface area (TPSA) is 86.9 Å². The van der Waals surface area contributed by atoms with Crippen LogP contribution < -0.4 is 4.74 Å². The quantitative estimate of drug-likeness (QED) is 0.0891. The lowest BCUT2D eigenvalue weighted by Gasteiger charge is -2.43. The Morgan fingerprint density at radius 1 is 0.782 bits per heavy atom. The van der Waals surface area contributed by atoms with E-state index in [2.05, 4.69) is 58.2 Å². The highest BCUT2D eigenvalue weighted by molar-refractivity contribution is 6.76. The first-order valence-corrected chi connectivity index (χ1v) is 28.7. The number of nitrogens with zero attached hydrogens (tertiary/aromatic N) is 6. The molecule has 3 fully saturated rings. The van der Waals surface area contributed by atoms with Crippen molar-refractivity contribution >= 4 is 22.1 Å². The van der Waals surface area contributed by atoms with Crippen LogP contribution in [0.3, 0.4) is 0 Å². The zero-order chi connectivity index (χ0) is 38.9. The number of benzene rings is 1. The minimum absolute atomic E-state index is 0.109. The van der Waals surface area contributed by atoms with Gasteiger partial charge in [-0.1, -0.05) is 58.5 Å². The average Bonchev–Trinajstić information content (AvgIpc) is 3.91. The molecule has 0 N–H and O–H groups in total. The number of ether oxygens (including phenoxy) is 3. The molecule has 0 bridgehead atoms. The molecule has 1 aliphatic carbocycles. The molecule has 1 amide bonds. The van der Waals surface area contributed by atoms with Crippen molar-refractivity contribution in [1.29, 1.82) is 0 Å². The second-order valence-corrected chi connectivity index (χ2v) is 30.5. The van der Waals surface area contributed by atoms with Gasteiger partial charge in [0.2, 0.25) is 0 Å². The van der Waals surface area contributed by atoms with Crippen LogP contribution in [0.2, 0.25) is 51.4 Å². The van der Waals surface area contributed by atoms with Gasteiger partial charge in [0.15, 0.2) is 0 Å². The van der Waals surface area contributed by atoms with Crippen molar-refractivity contribution < 1.29 is 19.0 Å². The Labute approximate surface area is 333 Å². The first kappa shape index (κ1) is 41.8. The third kappa shape index (κ3) is 12.6. The molecule has 3 aromatic rings. The van der Waals surface area contributed by atoms with Crippen LogP contribution in [0, 0.1) is 11.3 Å². The molecule has 12 heteroatoms. The molecule has 1 saturated carbocycles. The van der Waals surface area contributed by atoms with Crippen LogP contribution in [0.1, 0.15) is 73.4 Å². The van der Waals surface area contributed by atoms with Crippen LogP contribution in [0.4, 0.5) is 0 Å². The Hall–Kier alpha value is -2.78. The third-order valence-electron chi connectivity index (χ3n) is 12.3. The predicted molar refractivity (Wildman–Crippen MR) is 226 cm³/mol. The summed E-state index contributed by atoms with van der Waals surface area (Å²) in [6.07, 6.45) is 19.7. The Bertz CT molecular complexity index is 1550. The number of piperidine rings is 1. The van der Waals surface area contributed by atoms with Gasteiger partial charge in [-0.2, -0.15) is 0 Å². The first-order chi connectivity index (χ1) is 26.3. The largest absolute Gasteiger partial charge is 0.493 e. The number of hydrogen-bond acceptors (Lipinski definition) is 7. The maximum absolute atomic E-state index is 13.7. The summed E-state index contributed by atoms with van der Waals surface area (Å²) in [6, 6.07) is 10.9. The van der Waals surface area contributed by atoms with Crippen molar-refractivity contribution in [3.63, 3.8) is 0 Å². The Kier molecular flexibility index (Phi) is 14.5. The van der Waals surface area contributed by atoms with E-state index in [-0.39, 0.29) is 11.8 Å². The van der Waals surface area contributed by atoms with E-state index in [0.29, 0.717) is 25.5 Å². The lowest BCUT2D eigenvalue weighted by Crippen LogP contribution is -2.47. The van der Waals surface area contributed by atoms with Gasteiger partial charge in [0.05, 0.1) is 6.61 Å². The molecule has 1 aromatic carbocycles. The van der Waals surface area contributed by atoms with Crippen molar-refractivity contribution in [3.8, 4) is 5.75 Å². The number of imidazole rings is 2. The van der Waals surface area contributed by atoms with Gasteiger partial charge in [-0.25, -0.2) is 9.97 Å². The summed E-state index contributed by atoms with van der Waals surface area (Å²) in [4.78, 5) is 28.1. The molecule has 10 nitrogen and oxygen atoms in total. The van der Waals surface area contributed by atoms with Crippen LogP contribution in [0.25, 0.3) is 0 Å². The van der Waals surface area contributed by atoms with Gasteiger partial charge in [-0.05, 0) is 87.0 Å². The lowest BCUT2D eigenvalue weighted by atomic mass is 9.77. The maximum Gasteiger partial charge on any atom is 0.253 e. The molecular weight excluding hydrogens is 721 g/mol. The lowest BCUT2D eigenvalue weighted by molar-refractivity contribution is 0.0565. The van der Waals surface area contributed by atoms with Crippen molar-refractivity contribution in [3.05, 3.63) is 66.3 Å². The number of aromatic nitrogens is 4. The molecule has 304 valence electrons. The van der Waals surface area contributed by atoms with Crippen molar-refractivity contribution in [2.45, 2.75) is 135 Å². The maximum atomic E-state index is 13.7. The minimum Gasteiger partial charge on any atom is -0.493 e. The predicted octanol–water partition coefficient (Wildman–Crippen LogP) is 8.45. The molecule has 0 atom stereocenters. The average molecular weight is 791 g/mol.